The minimum absolute atomic E-state index is 0.0733. The number of nitrogens with one attached hydrogen (secondary N) is 1. The highest BCUT2D eigenvalue weighted by molar-refractivity contribution is 6.00. The van der Waals surface area contributed by atoms with Crippen LogP contribution in [0.4, 0.5) is 14.5 Å². The number of carbonyl (C=O) groups is 1. The number of amides is 1. The summed E-state index contributed by atoms with van der Waals surface area (Å²) in [6, 6.07) is 3.33. The molecule has 3 rings (SSSR count). The minimum atomic E-state index is -2.54. The van der Waals surface area contributed by atoms with Gasteiger partial charge in [0.1, 0.15) is 0 Å². The second-order valence-electron chi connectivity index (χ2n) is 5.05. The quantitative estimate of drug-likeness (QED) is 0.895. The van der Waals surface area contributed by atoms with Gasteiger partial charge in [-0.15, -0.1) is 0 Å². The van der Waals surface area contributed by atoms with Gasteiger partial charge in [-0.1, -0.05) is 0 Å². The number of rotatable bonds is 4. The average Bonchev–Trinajstić information content (AvgIpc) is 2.83. The van der Waals surface area contributed by atoms with E-state index in [1.807, 2.05) is 0 Å². The Morgan fingerprint density at radius 3 is 3.05 bits per heavy atom. The van der Waals surface area contributed by atoms with Crippen LogP contribution in [-0.2, 0) is 0 Å². The Labute approximate surface area is 113 Å². The Hall–Kier alpha value is -2.18. The van der Waals surface area contributed by atoms with Crippen LogP contribution in [0.3, 0.4) is 0 Å². The van der Waals surface area contributed by atoms with Gasteiger partial charge in [0, 0.05) is 30.8 Å². The standard InChI is InChI=1S/C13H14F2N4O/c14-13(15)6-8(13)1-3-17-12(20)10-7-18-19-4-2-9(16)5-11(10)19/h2,4-5,7-8H,1,3,6,16H2,(H,17,20). The van der Waals surface area contributed by atoms with Gasteiger partial charge in [-0.2, -0.15) is 5.10 Å². The van der Waals surface area contributed by atoms with Gasteiger partial charge in [-0.25, -0.2) is 13.3 Å². The average molecular weight is 280 g/mol. The Morgan fingerprint density at radius 1 is 1.60 bits per heavy atom. The molecule has 1 atom stereocenters. The first-order chi connectivity index (χ1) is 9.47. The third-order valence-corrected chi connectivity index (χ3v) is 3.52. The van der Waals surface area contributed by atoms with Crippen molar-refractivity contribution < 1.29 is 13.6 Å². The summed E-state index contributed by atoms with van der Waals surface area (Å²) < 4.78 is 27.0. The molecule has 1 amide bonds. The molecule has 1 unspecified atom stereocenters. The zero-order chi connectivity index (χ0) is 14.3. The SMILES string of the molecule is Nc1ccn2ncc(C(=O)NCCC3CC3(F)F)c2c1. The highest BCUT2D eigenvalue weighted by atomic mass is 19.3. The van der Waals surface area contributed by atoms with Crippen LogP contribution in [0.5, 0.6) is 0 Å². The van der Waals surface area contributed by atoms with Crippen LogP contribution in [-0.4, -0.2) is 28.0 Å². The van der Waals surface area contributed by atoms with Gasteiger partial charge in [0.25, 0.3) is 11.8 Å². The number of hydrogen-bond donors (Lipinski definition) is 2. The molecular weight excluding hydrogens is 266 g/mol. The van der Waals surface area contributed by atoms with Gasteiger partial charge < -0.3 is 11.1 Å². The fraction of sp³-hybridized carbons (Fsp3) is 0.385. The number of alkyl halides is 2. The second kappa shape index (κ2) is 4.43. The van der Waals surface area contributed by atoms with Crippen LogP contribution in [0, 0.1) is 5.92 Å². The number of aromatic nitrogens is 2. The molecule has 0 saturated heterocycles. The number of carbonyl (C=O) groups excluding carboxylic acids is 1. The number of pyridine rings is 1. The van der Waals surface area contributed by atoms with E-state index in [9.17, 15) is 13.6 Å². The second-order valence-corrected chi connectivity index (χ2v) is 5.05. The summed E-state index contributed by atoms with van der Waals surface area (Å²) in [6.45, 7) is 0.235. The van der Waals surface area contributed by atoms with E-state index >= 15 is 0 Å². The molecular formula is C13H14F2N4O. The lowest BCUT2D eigenvalue weighted by molar-refractivity contribution is 0.0911. The molecule has 0 spiro atoms. The molecule has 0 radical (unpaired) electrons. The highest BCUT2D eigenvalue weighted by Crippen LogP contribution is 2.50. The Bertz CT molecular complexity index is 667. The van der Waals surface area contributed by atoms with E-state index in [1.165, 1.54) is 6.20 Å². The van der Waals surface area contributed by atoms with Gasteiger partial charge in [-0.05, 0) is 18.6 Å². The van der Waals surface area contributed by atoms with Gasteiger partial charge in [0.15, 0.2) is 0 Å². The molecule has 1 saturated carbocycles. The molecule has 3 N–H and O–H groups in total. The van der Waals surface area contributed by atoms with E-state index in [-0.39, 0.29) is 18.9 Å². The highest BCUT2D eigenvalue weighted by Gasteiger charge is 2.55. The van der Waals surface area contributed by atoms with Crippen molar-refractivity contribution >= 4 is 17.1 Å². The molecule has 106 valence electrons. The summed E-state index contributed by atoms with van der Waals surface area (Å²) in [5.41, 5.74) is 7.19. The van der Waals surface area contributed by atoms with E-state index in [0.717, 1.165) is 0 Å². The number of fused-ring (bicyclic) bond motifs is 1. The topological polar surface area (TPSA) is 72.4 Å². The number of hydrogen-bond acceptors (Lipinski definition) is 3. The number of halogens is 2. The van der Waals surface area contributed by atoms with Crippen LogP contribution in [0.25, 0.3) is 5.52 Å². The van der Waals surface area contributed by atoms with Crippen molar-refractivity contribution in [3.8, 4) is 0 Å². The van der Waals surface area contributed by atoms with Crippen molar-refractivity contribution in [2.45, 2.75) is 18.8 Å². The normalized spacial score (nSPS) is 20.0. The summed E-state index contributed by atoms with van der Waals surface area (Å²) in [6.07, 6.45) is 3.32. The predicted molar refractivity (Wildman–Crippen MR) is 69.6 cm³/mol. The molecule has 1 fully saturated rings. The lowest BCUT2D eigenvalue weighted by atomic mass is 10.2. The zero-order valence-corrected chi connectivity index (χ0v) is 10.6. The van der Waals surface area contributed by atoms with E-state index < -0.39 is 11.8 Å². The van der Waals surface area contributed by atoms with Gasteiger partial charge in [0.05, 0.1) is 17.3 Å². The molecule has 0 aliphatic heterocycles. The van der Waals surface area contributed by atoms with Crippen LogP contribution in [0.2, 0.25) is 0 Å². The van der Waals surface area contributed by atoms with Crippen LogP contribution in [0.1, 0.15) is 23.2 Å². The van der Waals surface area contributed by atoms with Crippen molar-refractivity contribution in [3.63, 3.8) is 0 Å². The summed E-state index contributed by atoms with van der Waals surface area (Å²) in [5, 5.41) is 6.68. The molecule has 2 heterocycles. The maximum absolute atomic E-state index is 12.7. The molecule has 7 heteroatoms. The number of nitrogens with zero attached hydrogens (tertiary/aromatic N) is 2. The third-order valence-electron chi connectivity index (χ3n) is 3.52. The fourth-order valence-corrected chi connectivity index (χ4v) is 2.21. The molecule has 2 aromatic heterocycles. The van der Waals surface area contributed by atoms with Crippen LogP contribution >= 0.6 is 0 Å². The van der Waals surface area contributed by atoms with Crippen LogP contribution < -0.4 is 11.1 Å². The van der Waals surface area contributed by atoms with E-state index in [4.69, 9.17) is 5.73 Å². The first-order valence-corrected chi connectivity index (χ1v) is 6.36. The summed E-state index contributed by atoms with van der Waals surface area (Å²) >= 11 is 0. The maximum Gasteiger partial charge on any atom is 0.255 e. The predicted octanol–water partition coefficient (Wildman–Crippen LogP) is 1.69. The Morgan fingerprint density at radius 2 is 2.35 bits per heavy atom. The number of nitrogen functional groups attached to an aromatic ring is 1. The van der Waals surface area contributed by atoms with Gasteiger partial charge in [-0.3, -0.25) is 4.79 Å². The van der Waals surface area contributed by atoms with Crippen molar-refractivity contribution in [2.75, 3.05) is 12.3 Å². The largest absolute Gasteiger partial charge is 0.399 e. The van der Waals surface area contributed by atoms with Crippen molar-refractivity contribution in [3.05, 3.63) is 30.1 Å². The number of nitrogens with two attached hydrogens (primary N) is 1. The number of anilines is 1. The van der Waals surface area contributed by atoms with Gasteiger partial charge >= 0.3 is 0 Å². The minimum Gasteiger partial charge on any atom is -0.399 e. The lowest BCUT2D eigenvalue weighted by Crippen LogP contribution is -2.25. The van der Waals surface area contributed by atoms with Crippen molar-refractivity contribution in [1.29, 1.82) is 0 Å². The molecule has 1 aliphatic rings. The van der Waals surface area contributed by atoms with Crippen LogP contribution in [0.15, 0.2) is 24.5 Å². The molecule has 0 bridgehead atoms. The first-order valence-electron chi connectivity index (χ1n) is 6.36. The summed E-state index contributed by atoms with van der Waals surface area (Å²) in [4.78, 5) is 12.0. The maximum atomic E-state index is 12.7. The van der Waals surface area contributed by atoms with E-state index in [1.54, 1.807) is 22.8 Å². The first kappa shape index (κ1) is 12.8. The molecule has 2 aromatic rings. The molecule has 5 nitrogen and oxygen atoms in total. The van der Waals surface area contributed by atoms with E-state index in [2.05, 4.69) is 10.4 Å². The zero-order valence-electron chi connectivity index (χ0n) is 10.6. The molecule has 1 aliphatic carbocycles. The molecule has 0 aromatic carbocycles. The molecule has 20 heavy (non-hydrogen) atoms. The van der Waals surface area contributed by atoms with Crippen molar-refractivity contribution in [2.24, 2.45) is 5.92 Å². The van der Waals surface area contributed by atoms with Crippen molar-refractivity contribution in [1.82, 2.24) is 14.9 Å². The third kappa shape index (κ3) is 2.31. The summed E-state index contributed by atoms with van der Waals surface area (Å²) in [7, 11) is 0. The lowest BCUT2D eigenvalue weighted by Gasteiger charge is -2.04. The van der Waals surface area contributed by atoms with E-state index in [0.29, 0.717) is 23.2 Å². The summed E-state index contributed by atoms with van der Waals surface area (Å²) in [5.74, 6) is -3.46. The Balaban J connectivity index is 1.65. The monoisotopic (exact) mass is 280 g/mol. The Kier molecular flexibility index (Phi) is 2.84. The smallest absolute Gasteiger partial charge is 0.255 e. The fourth-order valence-electron chi connectivity index (χ4n) is 2.21. The van der Waals surface area contributed by atoms with Gasteiger partial charge in [0.2, 0.25) is 0 Å².